The van der Waals surface area contributed by atoms with E-state index in [2.05, 4.69) is 49.2 Å². The highest BCUT2D eigenvalue weighted by Crippen LogP contribution is 2.28. The van der Waals surface area contributed by atoms with E-state index in [9.17, 15) is 0 Å². The van der Waals surface area contributed by atoms with E-state index in [1.807, 2.05) is 13.8 Å². The molecule has 0 radical (unpaired) electrons. The van der Waals surface area contributed by atoms with Crippen LogP contribution >= 0.6 is 11.8 Å². The fourth-order valence-corrected chi connectivity index (χ4v) is 3.33. The SMILES string of the molecule is Cc1cc(C)nc(Sc2ccc(CC(C)N)c(C)c2)c1. The molecule has 0 saturated carbocycles. The molecule has 20 heavy (non-hydrogen) atoms. The van der Waals surface area contributed by atoms with Gasteiger partial charge in [0, 0.05) is 16.6 Å². The summed E-state index contributed by atoms with van der Waals surface area (Å²) >= 11 is 1.72. The highest BCUT2D eigenvalue weighted by molar-refractivity contribution is 7.99. The molecule has 0 aliphatic carbocycles. The molecule has 0 amide bonds. The van der Waals surface area contributed by atoms with Crippen LogP contribution in [0.15, 0.2) is 40.3 Å². The minimum absolute atomic E-state index is 0.202. The van der Waals surface area contributed by atoms with Crippen LogP contribution in [0.25, 0.3) is 0 Å². The number of nitrogens with zero attached hydrogens (tertiary/aromatic N) is 1. The van der Waals surface area contributed by atoms with Crippen LogP contribution in [0.4, 0.5) is 0 Å². The smallest absolute Gasteiger partial charge is 0.101 e. The van der Waals surface area contributed by atoms with Crippen molar-refractivity contribution in [1.82, 2.24) is 4.98 Å². The number of aromatic nitrogens is 1. The highest BCUT2D eigenvalue weighted by Gasteiger charge is 2.05. The first-order chi connectivity index (χ1) is 9.44. The van der Waals surface area contributed by atoms with Crippen LogP contribution < -0.4 is 5.73 Å². The van der Waals surface area contributed by atoms with Gasteiger partial charge in [0.25, 0.3) is 0 Å². The van der Waals surface area contributed by atoms with Gasteiger partial charge in [-0.1, -0.05) is 17.8 Å². The van der Waals surface area contributed by atoms with Gasteiger partial charge in [-0.05, 0) is 75.1 Å². The Hall–Kier alpha value is -1.32. The average molecular weight is 286 g/mol. The lowest BCUT2D eigenvalue weighted by Crippen LogP contribution is -2.18. The Morgan fingerprint density at radius 2 is 1.90 bits per heavy atom. The Bertz CT molecular complexity index is 586. The quantitative estimate of drug-likeness (QED) is 0.921. The molecular formula is C17H22N2S. The summed E-state index contributed by atoms with van der Waals surface area (Å²) in [6.45, 7) is 8.34. The summed E-state index contributed by atoms with van der Waals surface area (Å²) < 4.78 is 0. The van der Waals surface area contributed by atoms with Gasteiger partial charge in [0.1, 0.15) is 5.03 Å². The van der Waals surface area contributed by atoms with Crippen molar-refractivity contribution in [2.75, 3.05) is 0 Å². The minimum Gasteiger partial charge on any atom is -0.328 e. The molecule has 0 spiro atoms. The molecule has 2 nitrogen and oxygen atoms in total. The molecule has 2 rings (SSSR count). The van der Waals surface area contributed by atoms with Crippen molar-refractivity contribution in [3.63, 3.8) is 0 Å². The predicted octanol–water partition coefficient (Wildman–Crippen LogP) is 4.05. The highest BCUT2D eigenvalue weighted by atomic mass is 32.2. The first-order valence-corrected chi connectivity index (χ1v) is 7.74. The van der Waals surface area contributed by atoms with Gasteiger partial charge in [-0.15, -0.1) is 0 Å². The van der Waals surface area contributed by atoms with E-state index < -0.39 is 0 Å². The molecule has 106 valence electrons. The van der Waals surface area contributed by atoms with Crippen LogP contribution in [-0.2, 0) is 6.42 Å². The maximum Gasteiger partial charge on any atom is 0.101 e. The number of hydrogen-bond acceptors (Lipinski definition) is 3. The maximum atomic E-state index is 5.87. The Morgan fingerprint density at radius 3 is 2.50 bits per heavy atom. The molecule has 1 heterocycles. The lowest BCUT2D eigenvalue weighted by atomic mass is 10.0. The third-order valence-electron chi connectivity index (χ3n) is 3.15. The topological polar surface area (TPSA) is 38.9 Å². The van der Waals surface area contributed by atoms with Crippen LogP contribution in [0.1, 0.15) is 29.3 Å². The molecule has 3 heteroatoms. The van der Waals surface area contributed by atoms with Crippen LogP contribution in [0.3, 0.4) is 0 Å². The molecule has 0 fully saturated rings. The van der Waals surface area contributed by atoms with Gasteiger partial charge < -0.3 is 5.73 Å². The first-order valence-electron chi connectivity index (χ1n) is 6.92. The Balaban J connectivity index is 2.19. The van der Waals surface area contributed by atoms with Gasteiger partial charge in [-0.25, -0.2) is 4.98 Å². The summed E-state index contributed by atoms with van der Waals surface area (Å²) in [7, 11) is 0. The summed E-state index contributed by atoms with van der Waals surface area (Å²) in [4.78, 5) is 5.80. The van der Waals surface area contributed by atoms with E-state index in [-0.39, 0.29) is 6.04 Å². The van der Waals surface area contributed by atoms with Crippen molar-refractivity contribution in [3.05, 3.63) is 52.7 Å². The number of pyridine rings is 1. The van der Waals surface area contributed by atoms with Crippen LogP contribution in [0.2, 0.25) is 0 Å². The summed E-state index contributed by atoms with van der Waals surface area (Å²) in [6.07, 6.45) is 0.929. The monoisotopic (exact) mass is 286 g/mol. The maximum absolute atomic E-state index is 5.87. The minimum atomic E-state index is 0.202. The van der Waals surface area contributed by atoms with Crippen molar-refractivity contribution < 1.29 is 0 Å². The zero-order chi connectivity index (χ0) is 14.7. The third kappa shape index (κ3) is 4.09. The van der Waals surface area contributed by atoms with Gasteiger partial charge >= 0.3 is 0 Å². The lowest BCUT2D eigenvalue weighted by Gasteiger charge is -2.10. The third-order valence-corrected chi connectivity index (χ3v) is 4.06. The van der Waals surface area contributed by atoms with Gasteiger partial charge in [0.2, 0.25) is 0 Å². The van der Waals surface area contributed by atoms with Crippen LogP contribution in [-0.4, -0.2) is 11.0 Å². The Morgan fingerprint density at radius 1 is 1.15 bits per heavy atom. The normalized spacial score (nSPS) is 12.4. The van der Waals surface area contributed by atoms with Gasteiger partial charge in [0.15, 0.2) is 0 Å². The van der Waals surface area contributed by atoms with Crippen molar-refractivity contribution in [3.8, 4) is 0 Å². The van der Waals surface area contributed by atoms with Crippen molar-refractivity contribution in [2.24, 2.45) is 5.73 Å². The summed E-state index contributed by atoms with van der Waals surface area (Å²) in [6, 6.07) is 11.0. The number of nitrogens with two attached hydrogens (primary N) is 1. The molecule has 0 saturated heterocycles. The second kappa shape index (κ2) is 6.42. The Labute approximate surface area is 125 Å². The van der Waals surface area contributed by atoms with Gasteiger partial charge in [-0.2, -0.15) is 0 Å². The molecule has 0 aliphatic heterocycles. The largest absolute Gasteiger partial charge is 0.328 e. The summed E-state index contributed by atoms with van der Waals surface area (Å²) in [5.74, 6) is 0. The van der Waals surface area contributed by atoms with E-state index >= 15 is 0 Å². The molecule has 2 N–H and O–H groups in total. The zero-order valence-corrected chi connectivity index (χ0v) is 13.4. The molecule has 2 aromatic rings. The van der Waals surface area contributed by atoms with E-state index in [0.717, 1.165) is 17.1 Å². The molecule has 1 aromatic heterocycles. The van der Waals surface area contributed by atoms with Crippen molar-refractivity contribution in [2.45, 2.75) is 50.1 Å². The summed E-state index contributed by atoms with van der Waals surface area (Å²) in [5.41, 5.74) is 10.8. The van der Waals surface area contributed by atoms with Crippen molar-refractivity contribution >= 4 is 11.8 Å². The number of hydrogen-bond donors (Lipinski definition) is 1. The zero-order valence-electron chi connectivity index (χ0n) is 12.6. The average Bonchev–Trinajstić information content (AvgIpc) is 2.31. The van der Waals surface area contributed by atoms with Gasteiger partial charge in [-0.3, -0.25) is 0 Å². The molecule has 0 aliphatic rings. The molecule has 0 bridgehead atoms. The number of benzene rings is 1. The van der Waals surface area contributed by atoms with Crippen molar-refractivity contribution in [1.29, 1.82) is 0 Å². The Kier molecular flexibility index (Phi) is 4.84. The second-order valence-corrected chi connectivity index (χ2v) is 6.59. The molecule has 1 unspecified atom stereocenters. The van der Waals surface area contributed by atoms with E-state index in [0.29, 0.717) is 0 Å². The fraction of sp³-hybridized carbons (Fsp3) is 0.353. The van der Waals surface area contributed by atoms with E-state index in [1.165, 1.54) is 21.6 Å². The molecule has 1 aromatic carbocycles. The van der Waals surface area contributed by atoms with E-state index in [1.54, 1.807) is 11.8 Å². The first kappa shape index (κ1) is 15.1. The lowest BCUT2D eigenvalue weighted by molar-refractivity contribution is 0.734. The predicted molar refractivity (Wildman–Crippen MR) is 86.4 cm³/mol. The molecular weight excluding hydrogens is 264 g/mol. The second-order valence-electron chi connectivity index (χ2n) is 5.50. The number of rotatable bonds is 4. The van der Waals surface area contributed by atoms with E-state index in [4.69, 9.17) is 5.73 Å². The number of aryl methyl sites for hydroxylation is 3. The standard InChI is InChI=1S/C17H22N2S/c1-11-7-14(4)19-17(8-11)20-16-6-5-15(10-13(3)18)12(2)9-16/h5-9,13H,10,18H2,1-4H3. The van der Waals surface area contributed by atoms with Crippen LogP contribution in [0.5, 0.6) is 0 Å². The van der Waals surface area contributed by atoms with Gasteiger partial charge in [0.05, 0.1) is 0 Å². The molecule has 1 atom stereocenters. The summed E-state index contributed by atoms with van der Waals surface area (Å²) in [5, 5.41) is 1.06. The van der Waals surface area contributed by atoms with Crippen LogP contribution in [0, 0.1) is 20.8 Å². The fourth-order valence-electron chi connectivity index (χ4n) is 2.29.